The van der Waals surface area contributed by atoms with Gasteiger partial charge in [-0.2, -0.15) is 0 Å². The fourth-order valence-corrected chi connectivity index (χ4v) is 3.67. The molecule has 1 amide bonds. The van der Waals surface area contributed by atoms with Crippen LogP contribution in [0.15, 0.2) is 12.1 Å². The van der Waals surface area contributed by atoms with Gasteiger partial charge in [-0.1, -0.05) is 24.8 Å². The van der Waals surface area contributed by atoms with E-state index in [1.807, 2.05) is 6.07 Å². The first-order valence-electron chi connectivity index (χ1n) is 6.19. The van der Waals surface area contributed by atoms with Crippen molar-refractivity contribution < 1.29 is 9.18 Å². The van der Waals surface area contributed by atoms with Gasteiger partial charge in [0.2, 0.25) is 5.91 Å². The Kier molecular flexibility index (Phi) is 2.70. The van der Waals surface area contributed by atoms with E-state index in [2.05, 4.69) is 19.6 Å². The third-order valence-electron chi connectivity index (χ3n) is 3.76. The summed E-state index contributed by atoms with van der Waals surface area (Å²) in [6.07, 6.45) is 0. The first-order chi connectivity index (χ1) is 8.06. The molecular weight excluding hydrogens is 245 g/mol. The number of hydrogen-bond donors (Lipinski definition) is 0. The standard InChI is InChI=1S/C14H20FNOSi/c1-14(2)12-10(15)7-9(18(4,5)6)8-11(12)16(3)13(14)17/h7-8H,1-6H3. The van der Waals surface area contributed by atoms with Crippen LogP contribution in [0.1, 0.15) is 19.4 Å². The van der Waals surface area contributed by atoms with Crippen LogP contribution < -0.4 is 10.1 Å². The maximum atomic E-state index is 14.4. The van der Waals surface area contributed by atoms with Crippen molar-refractivity contribution in [3.63, 3.8) is 0 Å². The number of benzene rings is 1. The Morgan fingerprint density at radius 2 is 1.78 bits per heavy atom. The van der Waals surface area contributed by atoms with Crippen LogP contribution in [0.5, 0.6) is 0 Å². The molecule has 0 unspecified atom stereocenters. The molecule has 0 bridgehead atoms. The summed E-state index contributed by atoms with van der Waals surface area (Å²) in [7, 11) is 0.142. The lowest BCUT2D eigenvalue weighted by Crippen LogP contribution is -2.38. The number of fused-ring (bicyclic) bond motifs is 1. The molecule has 1 heterocycles. The van der Waals surface area contributed by atoms with Gasteiger partial charge in [-0.15, -0.1) is 0 Å². The monoisotopic (exact) mass is 265 g/mol. The molecule has 2 rings (SSSR count). The minimum absolute atomic E-state index is 0.0378. The van der Waals surface area contributed by atoms with Gasteiger partial charge in [0.1, 0.15) is 5.82 Å². The number of nitrogens with zero attached hydrogens (tertiary/aromatic N) is 1. The molecule has 2 nitrogen and oxygen atoms in total. The smallest absolute Gasteiger partial charge is 0.237 e. The minimum Gasteiger partial charge on any atom is -0.314 e. The van der Waals surface area contributed by atoms with Crippen LogP contribution >= 0.6 is 0 Å². The zero-order valence-electron chi connectivity index (χ0n) is 11.9. The third kappa shape index (κ3) is 1.70. The van der Waals surface area contributed by atoms with Crippen molar-refractivity contribution >= 4 is 24.9 Å². The number of carbonyl (C=O) groups excluding carboxylic acids is 1. The van der Waals surface area contributed by atoms with E-state index in [0.29, 0.717) is 5.56 Å². The van der Waals surface area contributed by atoms with Crippen LogP contribution in [0.25, 0.3) is 0 Å². The molecule has 1 aromatic rings. The SMILES string of the molecule is CN1C(=O)C(C)(C)c2c(F)cc([Si](C)(C)C)cc21. The number of anilines is 1. The number of likely N-dealkylation sites (N-methyl/N-ethyl adjacent to an activating group) is 1. The van der Waals surface area contributed by atoms with Crippen molar-refractivity contribution in [3.05, 3.63) is 23.5 Å². The number of halogens is 1. The van der Waals surface area contributed by atoms with Crippen LogP contribution in [-0.2, 0) is 10.2 Å². The molecule has 1 aromatic carbocycles. The zero-order chi connectivity index (χ0) is 13.9. The summed E-state index contributed by atoms with van der Waals surface area (Å²) in [5.74, 6) is -0.281. The van der Waals surface area contributed by atoms with Crippen molar-refractivity contribution in [3.8, 4) is 0 Å². The Balaban J connectivity index is 2.72. The fraction of sp³-hybridized carbons (Fsp3) is 0.500. The molecular formula is C14H20FNOSi. The lowest BCUT2D eigenvalue weighted by molar-refractivity contribution is -0.121. The van der Waals surface area contributed by atoms with Crippen LogP contribution in [0.4, 0.5) is 10.1 Å². The molecule has 0 radical (unpaired) electrons. The fourth-order valence-electron chi connectivity index (χ4n) is 2.54. The summed E-state index contributed by atoms with van der Waals surface area (Å²) in [4.78, 5) is 13.8. The predicted octanol–water partition coefficient (Wildman–Crippen LogP) is 2.62. The lowest BCUT2D eigenvalue weighted by Gasteiger charge is -2.20. The Bertz CT molecular complexity index is 531. The predicted molar refractivity (Wildman–Crippen MR) is 75.8 cm³/mol. The molecule has 4 heteroatoms. The number of rotatable bonds is 1. The molecule has 0 atom stereocenters. The van der Waals surface area contributed by atoms with Gasteiger partial charge in [-0.25, -0.2) is 4.39 Å². The summed E-state index contributed by atoms with van der Waals surface area (Å²) >= 11 is 0. The summed E-state index contributed by atoms with van der Waals surface area (Å²) in [5, 5.41) is 1.05. The Labute approximate surface area is 109 Å². The normalized spacial score (nSPS) is 18.2. The molecule has 18 heavy (non-hydrogen) atoms. The number of hydrogen-bond acceptors (Lipinski definition) is 1. The molecule has 0 saturated heterocycles. The van der Waals surface area contributed by atoms with E-state index in [0.717, 1.165) is 10.9 Å². The first-order valence-corrected chi connectivity index (χ1v) is 9.69. The van der Waals surface area contributed by atoms with Gasteiger partial charge in [-0.3, -0.25) is 4.79 Å². The van der Waals surface area contributed by atoms with Crippen molar-refractivity contribution in [2.24, 2.45) is 0 Å². The van der Waals surface area contributed by atoms with Crippen LogP contribution in [0.3, 0.4) is 0 Å². The first kappa shape index (κ1) is 13.3. The zero-order valence-corrected chi connectivity index (χ0v) is 12.9. The Hall–Kier alpha value is -1.16. The van der Waals surface area contributed by atoms with Crippen molar-refractivity contribution in [1.82, 2.24) is 0 Å². The van der Waals surface area contributed by atoms with E-state index >= 15 is 0 Å². The van der Waals surface area contributed by atoms with E-state index in [4.69, 9.17) is 0 Å². The minimum atomic E-state index is -1.58. The van der Waals surface area contributed by atoms with Gasteiger partial charge in [0, 0.05) is 12.6 Å². The van der Waals surface area contributed by atoms with E-state index in [-0.39, 0.29) is 11.7 Å². The topological polar surface area (TPSA) is 20.3 Å². The highest BCUT2D eigenvalue weighted by molar-refractivity contribution is 6.88. The maximum Gasteiger partial charge on any atom is 0.237 e. The Morgan fingerprint density at radius 3 is 2.28 bits per heavy atom. The summed E-state index contributed by atoms with van der Waals surface area (Å²) in [6.45, 7) is 10.1. The molecule has 1 aliphatic heterocycles. The lowest BCUT2D eigenvalue weighted by atomic mass is 9.86. The summed E-state index contributed by atoms with van der Waals surface area (Å²) < 4.78 is 14.4. The van der Waals surface area contributed by atoms with Crippen LogP contribution in [0.2, 0.25) is 19.6 Å². The van der Waals surface area contributed by atoms with E-state index < -0.39 is 13.5 Å². The molecule has 98 valence electrons. The molecule has 0 fully saturated rings. The van der Waals surface area contributed by atoms with E-state index in [1.165, 1.54) is 0 Å². The van der Waals surface area contributed by atoms with E-state index in [1.54, 1.807) is 31.9 Å². The van der Waals surface area contributed by atoms with Gasteiger partial charge in [0.25, 0.3) is 0 Å². The molecule has 0 aromatic heterocycles. The van der Waals surface area contributed by atoms with Crippen LogP contribution in [-0.4, -0.2) is 21.0 Å². The van der Waals surface area contributed by atoms with Gasteiger partial charge in [0.15, 0.2) is 0 Å². The second-order valence-electron chi connectivity index (χ2n) is 6.59. The summed E-state index contributed by atoms with van der Waals surface area (Å²) in [5.41, 5.74) is 0.519. The third-order valence-corrected chi connectivity index (χ3v) is 5.78. The molecule has 0 aliphatic carbocycles. The number of carbonyl (C=O) groups is 1. The molecule has 0 N–H and O–H groups in total. The van der Waals surface area contributed by atoms with E-state index in [9.17, 15) is 9.18 Å². The molecule has 0 saturated carbocycles. The second-order valence-corrected chi connectivity index (χ2v) is 11.7. The van der Waals surface area contributed by atoms with Gasteiger partial charge in [0.05, 0.1) is 19.2 Å². The van der Waals surface area contributed by atoms with Gasteiger partial charge >= 0.3 is 0 Å². The summed E-state index contributed by atoms with van der Waals surface area (Å²) in [6, 6.07) is 3.62. The highest BCUT2D eigenvalue weighted by atomic mass is 28.3. The maximum absolute atomic E-state index is 14.4. The quantitative estimate of drug-likeness (QED) is 0.715. The largest absolute Gasteiger partial charge is 0.314 e. The highest BCUT2D eigenvalue weighted by Crippen LogP contribution is 2.41. The van der Waals surface area contributed by atoms with Crippen molar-refractivity contribution in [1.29, 1.82) is 0 Å². The van der Waals surface area contributed by atoms with Gasteiger partial charge < -0.3 is 4.90 Å². The van der Waals surface area contributed by atoms with Crippen molar-refractivity contribution in [2.45, 2.75) is 38.9 Å². The average molecular weight is 265 g/mol. The van der Waals surface area contributed by atoms with Gasteiger partial charge in [-0.05, 0) is 26.0 Å². The average Bonchev–Trinajstić information content (AvgIpc) is 2.39. The van der Waals surface area contributed by atoms with Crippen LogP contribution in [0, 0.1) is 5.82 Å². The molecule has 0 spiro atoms. The highest BCUT2D eigenvalue weighted by Gasteiger charge is 2.45. The second kappa shape index (κ2) is 3.67. The molecule has 1 aliphatic rings. The Morgan fingerprint density at radius 1 is 1.22 bits per heavy atom. The van der Waals surface area contributed by atoms with Crippen molar-refractivity contribution in [2.75, 3.05) is 11.9 Å². The number of amides is 1.